The van der Waals surface area contributed by atoms with Gasteiger partial charge >= 0.3 is 0 Å². The molecular weight excluding hydrogens is 360 g/mol. The number of carbonyl (C=O) groups is 1. The first-order chi connectivity index (χ1) is 12.5. The molecule has 26 heavy (non-hydrogen) atoms. The van der Waals surface area contributed by atoms with Crippen LogP contribution in [0.3, 0.4) is 0 Å². The smallest absolute Gasteiger partial charge is 0.291 e. The van der Waals surface area contributed by atoms with E-state index >= 15 is 0 Å². The van der Waals surface area contributed by atoms with E-state index in [0.29, 0.717) is 18.9 Å². The Hall–Kier alpha value is -2.69. The molecule has 9 nitrogen and oxygen atoms in total. The van der Waals surface area contributed by atoms with E-state index in [9.17, 15) is 13.2 Å². The van der Waals surface area contributed by atoms with Crippen LogP contribution in [0.4, 0.5) is 5.69 Å². The van der Waals surface area contributed by atoms with Crippen LogP contribution >= 0.6 is 0 Å². The molecule has 0 saturated carbocycles. The fourth-order valence-electron chi connectivity index (χ4n) is 2.70. The van der Waals surface area contributed by atoms with Crippen molar-refractivity contribution in [2.24, 2.45) is 0 Å². The van der Waals surface area contributed by atoms with E-state index in [1.54, 1.807) is 18.3 Å². The maximum Gasteiger partial charge on any atom is 0.291 e. The van der Waals surface area contributed by atoms with Crippen molar-refractivity contribution in [3.8, 4) is 0 Å². The summed E-state index contributed by atoms with van der Waals surface area (Å²) >= 11 is 0. The van der Waals surface area contributed by atoms with Crippen molar-refractivity contribution in [2.45, 2.75) is 5.09 Å². The summed E-state index contributed by atoms with van der Waals surface area (Å²) in [7, 11) is -3.78. The molecule has 2 N–H and O–H groups in total. The number of sulfonamides is 1. The minimum Gasteiger partial charge on any atom is -0.438 e. The Labute approximate surface area is 149 Å². The number of nitrogens with zero attached hydrogens (tertiary/aromatic N) is 2. The van der Waals surface area contributed by atoms with E-state index in [1.165, 1.54) is 16.4 Å². The molecule has 0 spiro atoms. The van der Waals surface area contributed by atoms with Gasteiger partial charge in [-0.05, 0) is 30.3 Å². The quantitative estimate of drug-likeness (QED) is 0.711. The molecule has 0 unspecified atom stereocenters. The van der Waals surface area contributed by atoms with Crippen molar-refractivity contribution in [1.82, 2.24) is 14.5 Å². The fraction of sp³-hybridized carbons (Fsp3) is 0.250. The van der Waals surface area contributed by atoms with Crippen LogP contribution in [0.2, 0.25) is 0 Å². The number of nitrogens with one attached hydrogen (secondary N) is 2. The Morgan fingerprint density at radius 3 is 2.81 bits per heavy atom. The lowest BCUT2D eigenvalue weighted by Gasteiger charge is -2.24. The second kappa shape index (κ2) is 6.56. The van der Waals surface area contributed by atoms with Crippen LogP contribution in [0, 0.1) is 0 Å². The van der Waals surface area contributed by atoms with E-state index < -0.39 is 15.9 Å². The van der Waals surface area contributed by atoms with Crippen molar-refractivity contribution in [2.75, 3.05) is 31.6 Å². The van der Waals surface area contributed by atoms with Crippen LogP contribution < -0.4 is 5.32 Å². The van der Waals surface area contributed by atoms with Crippen molar-refractivity contribution < 1.29 is 22.4 Å². The second-order valence-corrected chi connectivity index (χ2v) is 7.63. The van der Waals surface area contributed by atoms with Crippen LogP contribution in [0.25, 0.3) is 10.9 Å². The summed E-state index contributed by atoms with van der Waals surface area (Å²) < 4.78 is 36.8. The molecule has 1 saturated heterocycles. The maximum atomic E-state index is 12.5. The number of aromatic nitrogens is 2. The van der Waals surface area contributed by atoms with Gasteiger partial charge < -0.3 is 14.5 Å². The number of aromatic amines is 1. The zero-order valence-electron chi connectivity index (χ0n) is 13.6. The van der Waals surface area contributed by atoms with Crippen LogP contribution in [0.5, 0.6) is 0 Å². The number of morpholine rings is 1. The predicted molar refractivity (Wildman–Crippen MR) is 92.3 cm³/mol. The highest BCUT2D eigenvalue weighted by Gasteiger charge is 2.30. The van der Waals surface area contributed by atoms with Gasteiger partial charge in [-0.1, -0.05) is 0 Å². The zero-order valence-corrected chi connectivity index (χ0v) is 14.5. The molecule has 2 aromatic heterocycles. The molecule has 0 radical (unpaired) electrons. The van der Waals surface area contributed by atoms with Gasteiger partial charge in [0.15, 0.2) is 5.76 Å². The van der Waals surface area contributed by atoms with Gasteiger partial charge in [-0.3, -0.25) is 9.89 Å². The number of anilines is 1. The highest BCUT2D eigenvalue weighted by molar-refractivity contribution is 7.89. The van der Waals surface area contributed by atoms with Gasteiger partial charge in [0.2, 0.25) is 5.09 Å². The third-order valence-electron chi connectivity index (χ3n) is 4.07. The van der Waals surface area contributed by atoms with Crippen LogP contribution in [-0.4, -0.2) is 55.1 Å². The molecule has 3 heterocycles. The van der Waals surface area contributed by atoms with Gasteiger partial charge in [-0.25, -0.2) is 8.42 Å². The third kappa shape index (κ3) is 3.09. The summed E-state index contributed by atoms with van der Waals surface area (Å²) in [5.74, 6) is -0.617. The minimum atomic E-state index is -3.78. The Balaban J connectivity index is 1.52. The first-order valence-electron chi connectivity index (χ1n) is 7.96. The normalized spacial score (nSPS) is 16.0. The summed E-state index contributed by atoms with van der Waals surface area (Å²) in [6.45, 7) is 1.19. The Morgan fingerprint density at radius 2 is 2.00 bits per heavy atom. The molecule has 4 rings (SSSR count). The summed E-state index contributed by atoms with van der Waals surface area (Å²) in [5.41, 5.74) is 1.32. The lowest BCUT2D eigenvalue weighted by atomic mass is 10.2. The zero-order chi connectivity index (χ0) is 18.1. The van der Waals surface area contributed by atoms with Gasteiger partial charge in [0.05, 0.1) is 24.9 Å². The molecule has 10 heteroatoms. The molecular formula is C16H16N4O5S. The van der Waals surface area contributed by atoms with Gasteiger partial charge in [0.25, 0.3) is 15.9 Å². The van der Waals surface area contributed by atoms with Crippen molar-refractivity contribution >= 4 is 32.5 Å². The first kappa shape index (κ1) is 16.8. The summed E-state index contributed by atoms with van der Waals surface area (Å²) in [6, 6.07) is 7.90. The number of ether oxygens (including phenoxy) is 1. The monoisotopic (exact) mass is 376 g/mol. The van der Waals surface area contributed by atoms with E-state index in [4.69, 9.17) is 9.15 Å². The van der Waals surface area contributed by atoms with Crippen LogP contribution in [-0.2, 0) is 14.8 Å². The molecule has 0 bridgehead atoms. The third-order valence-corrected chi connectivity index (χ3v) is 5.84. The number of amides is 1. The topological polar surface area (TPSA) is 118 Å². The van der Waals surface area contributed by atoms with E-state index in [0.717, 1.165) is 10.9 Å². The first-order valence-corrected chi connectivity index (χ1v) is 9.40. The number of carbonyl (C=O) groups excluding carboxylic acids is 1. The summed E-state index contributed by atoms with van der Waals surface area (Å²) in [6.07, 6.45) is 1.68. The van der Waals surface area contributed by atoms with E-state index in [2.05, 4.69) is 15.5 Å². The Kier molecular flexibility index (Phi) is 4.23. The molecule has 1 aliphatic rings. The molecule has 3 aromatic rings. The highest BCUT2D eigenvalue weighted by atomic mass is 32.2. The van der Waals surface area contributed by atoms with Gasteiger partial charge in [-0.15, -0.1) is 0 Å². The molecule has 1 aliphatic heterocycles. The molecule has 136 valence electrons. The molecule has 1 aromatic carbocycles. The van der Waals surface area contributed by atoms with Crippen molar-refractivity contribution in [3.05, 3.63) is 42.3 Å². The summed E-state index contributed by atoms with van der Waals surface area (Å²) in [5, 5.41) is 10.1. The van der Waals surface area contributed by atoms with Crippen molar-refractivity contribution in [3.63, 3.8) is 0 Å². The lowest BCUT2D eigenvalue weighted by molar-refractivity contribution is 0.0723. The predicted octanol–water partition coefficient (Wildman–Crippen LogP) is 1.43. The van der Waals surface area contributed by atoms with Crippen molar-refractivity contribution in [1.29, 1.82) is 0 Å². The SMILES string of the molecule is O=C(Nc1ccc2cn[nH]c2c1)c1ccc(S(=O)(=O)N2CCOCC2)o1. The van der Waals surface area contributed by atoms with E-state index in [-0.39, 0.29) is 23.9 Å². The molecule has 1 amide bonds. The minimum absolute atomic E-state index is 0.0819. The average Bonchev–Trinajstić information content (AvgIpc) is 3.32. The average molecular weight is 376 g/mol. The Morgan fingerprint density at radius 1 is 1.19 bits per heavy atom. The maximum absolute atomic E-state index is 12.5. The molecule has 0 atom stereocenters. The number of fused-ring (bicyclic) bond motifs is 1. The molecule has 0 aliphatic carbocycles. The number of hydrogen-bond acceptors (Lipinski definition) is 6. The number of rotatable bonds is 4. The number of H-pyrrole nitrogens is 1. The second-order valence-electron chi connectivity index (χ2n) is 5.76. The van der Waals surface area contributed by atoms with Gasteiger partial charge in [-0.2, -0.15) is 9.40 Å². The standard InChI is InChI=1S/C16H16N4O5S/c21-16(18-12-2-1-11-10-17-19-13(11)9-12)14-3-4-15(25-14)26(22,23)20-5-7-24-8-6-20/h1-4,9-10H,5-8H2,(H,17,19)(H,18,21). The largest absolute Gasteiger partial charge is 0.438 e. The van der Waals surface area contributed by atoms with Crippen LogP contribution in [0.15, 0.2) is 46.0 Å². The summed E-state index contributed by atoms with van der Waals surface area (Å²) in [4.78, 5) is 12.3. The van der Waals surface area contributed by atoms with Crippen LogP contribution in [0.1, 0.15) is 10.6 Å². The highest BCUT2D eigenvalue weighted by Crippen LogP contribution is 2.21. The molecule has 1 fully saturated rings. The fourth-order valence-corrected chi connectivity index (χ4v) is 4.02. The van der Waals surface area contributed by atoms with Gasteiger partial charge in [0, 0.05) is 24.2 Å². The Bertz CT molecular complexity index is 1050. The number of hydrogen-bond donors (Lipinski definition) is 2. The lowest BCUT2D eigenvalue weighted by Crippen LogP contribution is -2.40. The van der Waals surface area contributed by atoms with E-state index in [1.807, 2.05) is 6.07 Å². The van der Waals surface area contributed by atoms with Gasteiger partial charge in [0.1, 0.15) is 0 Å². The number of benzene rings is 1. The number of furan rings is 1.